The summed E-state index contributed by atoms with van der Waals surface area (Å²) in [5, 5.41) is 8.84. The van der Waals surface area contributed by atoms with Gasteiger partial charge in [0.15, 0.2) is 0 Å². The topological polar surface area (TPSA) is 60.9 Å². The minimum atomic E-state index is -0.801. The van der Waals surface area contributed by atoms with E-state index in [9.17, 15) is 9.59 Å². The Morgan fingerprint density at radius 1 is 1.29 bits per heavy atom. The summed E-state index contributed by atoms with van der Waals surface area (Å²) in [6, 6.07) is 9.50. The SMILES string of the molecule is CN(C(=O)N1CCCCC1CCC(=O)O)c1ccccc1. The van der Waals surface area contributed by atoms with Gasteiger partial charge in [-0.15, -0.1) is 0 Å². The van der Waals surface area contributed by atoms with Crippen LogP contribution in [0, 0.1) is 0 Å². The number of hydrogen-bond donors (Lipinski definition) is 1. The fourth-order valence-electron chi connectivity index (χ4n) is 2.80. The molecule has 114 valence electrons. The predicted molar refractivity (Wildman–Crippen MR) is 81.5 cm³/mol. The molecule has 1 aromatic rings. The summed E-state index contributed by atoms with van der Waals surface area (Å²) in [6.45, 7) is 0.709. The highest BCUT2D eigenvalue weighted by Crippen LogP contribution is 2.24. The lowest BCUT2D eigenvalue weighted by Gasteiger charge is -2.38. The van der Waals surface area contributed by atoms with Gasteiger partial charge < -0.3 is 10.0 Å². The number of aliphatic carboxylic acids is 1. The van der Waals surface area contributed by atoms with Crippen LogP contribution in [0.25, 0.3) is 0 Å². The lowest BCUT2D eigenvalue weighted by Crippen LogP contribution is -2.49. The maximum Gasteiger partial charge on any atom is 0.324 e. The van der Waals surface area contributed by atoms with Gasteiger partial charge in [-0.05, 0) is 37.8 Å². The summed E-state index contributed by atoms with van der Waals surface area (Å²) in [5.74, 6) is -0.801. The van der Waals surface area contributed by atoms with E-state index in [0.29, 0.717) is 13.0 Å². The van der Waals surface area contributed by atoms with Crippen LogP contribution in [0.2, 0.25) is 0 Å². The number of anilines is 1. The summed E-state index contributed by atoms with van der Waals surface area (Å²) in [7, 11) is 1.76. The van der Waals surface area contributed by atoms with Crippen LogP contribution < -0.4 is 4.90 Å². The molecule has 1 atom stereocenters. The van der Waals surface area contributed by atoms with Gasteiger partial charge >= 0.3 is 12.0 Å². The molecular weight excluding hydrogens is 268 g/mol. The molecule has 1 saturated heterocycles. The van der Waals surface area contributed by atoms with Crippen molar-refractivity contribution in [2.45, 2.75) is 38.1 Å². The van der Waals surface area contributed by atoms with E-state index < -0.39 is 5.97 Å². The number of amides is 2. The number of para-hydroxylation sites is 1. The number of likely N-dealkylation sites (tertiary alicyclic amines) is 1. The smallest absolute Gasteiger partial charge is 0.324 e. The minimum Gasteiger partial charge on any atom is -0.481 e. The molecule has 5 heteroatoms. The number of carbonyl (C=O) groups excluding carboxylic acids is 1. The maximum atomic E-state index is 12.7. The summed E-state index contributed by atoms with van der Waals surface area (Å²) in [5.41, 5.74) is 0.852. The molecule has 2 rings (SSSR count). The maximum absolute atomic E-state index is 12.7. The van der Waals surface area contributed by atoms with E-state index in [1.807, 2.05) is 35.2 Å². The van der Waals surface area contributed by atoms with Crippen LogP contribution in [-0.2, 0) is 4.79 Å². The van der Waals surface area contributed by atoms with Crippen molar-refractivity contribution >= 4 is 17.7 Å². The first-order valence-corrected chi connectivity index (χ1v) is 7.41. The number of benzene rings is 1. The summed E-state index contributed by atoms with van der Waals surface area (Å²) >= 11 is 0. The second-order valence-electron chi connectivity index (χ2n) is 5.45. The highest BCUT2D eigenvalue weighted by molar-refractivity contribution is 5.91. The van der Waals surface area contributed by atoms with Gasteiger partial charge in [0, 0.05) is 31.7 Å². The van der Waals surface area contributed by atoms with Crippen LogP contribution in [0.5, 0.6) is 0 Å². The minimum absolute atomic E-state index is 0.0357. The van der Waals surface area contributed by atoms with Gasteiger partial charge in [-0.25, -0.2) is 4.79 Å². The van der Waals surface area contributed by atoms with Crippen molar-refractivity contribution in [3.05, 3.63) is 30.3 Å². The highest BCUT2D eigenvalue weighted by Gasteiger charge is 2.29. The van der Waals surface area contributed by atoms with Crippen molar-refractivity contribution in [1.82, 2.24) is 4.90 Å². The molecule has 0 radical (unpaired) electrons. The van der Waals surface area contributed by atoms with E-state index in [4.69, 9.17) is 5.11 Å². The molecule has 0 aromatic heterocycles. The van der Waals surface area contributed by atoms with Gasteiger partial charge in [-0.1, -0.05) is 18.2 Å². The van der Waals surface area contributed by atoms with Crippen LogP contribution in [-0.4, -0.2) is 41.6 Å². The van der Waals surface area contributed by atoms with Gasteiger partial charge in [0.2, 0.25) is 0 Å². The Morgan fingerprint density at radius 3 is 2.67 bits per heavy atom. The monoisotopic (exact) mass is 290 g/mol. The quantitative estimate of drug-likeness (QED) is 0.927. The zero-order valence-electron chi connectivity index (χ0n) is 12.4. The number of piperidine rings is 1. The Bertz CT molecular complexity index is 490. The van der Waals surface area contributed by atoms with Crippen molar-refractivity contribution in [2.24, 2.45) is 0 Å². The molecule has 0 aliphatic carbocycles. The Morgan fingerprint density at radius 2 is 2.00 bits per heavy atom. The normalized spacial score (nSPS) is 18.3. The zero-order valence-corrected chi connectivity index (χ0v) is 12.4. The number of rotatable bonds is 4. The lowest BCUT2D eigenvalue weighted by atomic mass is 9.98. The standard InChI is InChI=1S/C16H22N2O3/c1-17(13-7-3-2-4-8-13)16(21)18-12-6-5-9-14(18)10-11-15(19)20/h2-4,7-8,14H,5-6,9-12H2,1H3,(H,19,20). The Hall–Kier alpha value is -2.04. The molecule has 1 heterocycles. The number of carbonyl (C=O) groups is 2. The van der Waals surface area contributed by atoms with Crippen molar-refractivity contribution in [3.8, 4) is 0 Å². The average molecular weight is 290 g/mol. The van der Waals surface area contributed by atoms with Crippen LogP contribution >= 0.6 is 0 Å². The van der Waals surface area contributed by atoms with Gasteiger partial charge in [0.25, 0.3) is 0 Å². The Balaban J connectivity index is 2.05. The predicted octanol–water partition coefficient (Wildman–Crippen LogP) is 2.96. The van der Waals surface area contributed by atoms with Crippen molar-refractivity contribution in [2.75, 3.05) is 18.5 Å². The first-order valence-electron chi connectivity index (χ1n) is 7.41. The van der Waals surface area contributed by atoms with E-state index in [1.54, 1.807) is 11.9 Å². The van der Waals surface area contributed by atoms with Gasteiger partial charge in [-0.2, -0.15) is 0 Å². The molecule has 2 amide bonds. The van der Waals surface area contributed by atoms with Crippen LogP contribution in [0.1, 0.15) is 32.1 Å². The fourth-order valence-corrected chi connectivity index (χ4v) is 2.80. The van der Waals surface area contributed by atoms with Crippen LogP contribution in [0.4, 0.5) is 10.5 Å². The molecule has 1 aromatic carbocycles. The number of hydrogen-bond acceptors (Lipinski definition) is 2. The molecule has 0 bridgehead atoms. The van der Waals surface area contributed by atoms with Crippen molar-refractivity contribution in [1.29, 1.82) is 0 Å². The third kappa shape index (κ3) is 3.97. The molecule has 1 aliphatic heterocycles. The van der Waals surface area contributed by atoms with E-state index in [0.717, 1.165) is 24.9 Å². The lowest BCUT2D eigenvalue weighted by molar-refractivity contribution is -0.137. The molecule has 1 fully saturated rings. The fraction of sp³-hybridized carbons (Fsp3) is 0.500. The van der Waals surface area contributed by atoms with E-state index >= 15 is 0 Å². The van der Waals surface area contributed by atoms with E-state index in [2.05, 4.69) is 0 Å². The molecule has 5 nitrogen and oxygen atoms in total. The molecule has 1 unspecified atom stereocenters. The summed E-state index contributed by atoms with van der Waals surface area (Å²) in [4.78, 5) is 26.9. The molecule has 21 heavy (non-hydrogen) atoms. The first kappa shape index (κ1) is 15.4. The number of carboxylic acids is 1. The number of carboxylic acid groups (broad SMARTS) is 1. The summed E-state index contributed by atoms with van der Waals surface area (Å²) < 4.78 is 0. The van der Waals surface area contributed by atoms with Crippen LogP contribution in [0.15, 0.2) is 30.3 Å². The Kier molecular flexibility index (Phi) is 5.20. The Labute approximate surface area is 125 Å². The van der Waals surface area contributed by atoms with E-state index in [1.165, 1.54) is 0 Å². The molecule has 1 aliphatic rings. The molecule has 0 saturated carbocycles. The number of urea groups is 1. The zero-order chi connectivity index (χ0) is 15.2. The molecule has 0 spiro atoms. The average Bonchev–Trinajstić information content (AvgIpc) is 2.52. The van der Waals surface area contributed by atoms with Gasteiger partial charge in [0.1, 0.15) is 0 Å². The van der Waals surface area contributed by atoms with Crippen molar-refractivity contribution in [3.63, 3.8) is 0 Å². The largest absolute Gasteiger partial charge is 0.481 e. The van der Waals surface area contributed by atoms with E-state index in [-0.39, 0.29) is 18.5 Å². The second-order valence-corrected chi connectivity index (χ2v) is 5.45. The summed E-state index contributed by atoms with van der Waals surface area (Å²) in [6.07, 6.45) is 3.58. The van der Waals surface area contributed by atoms with Gasteiger partial charge in [-0.3, -0.25) is 9.69 Å². The second kappa shape index (κ2) is 7.11. The van der Waals surface area contributed by atoms with Crippen molar-refractivity contribution < 1.29 is 14.7 Å². The molecule has 1 N–H and O–H groups in total. The highest BCUT2D eigenvalue weighted by atomic mass is 16.4. The van der Waals surface area contributed by atoms with Gasteiger partial charge in [0.05, 0.1) is 0 Å². The third-order valence-electron chi connectivity index (χ3n) is 3.99. The first-order chi connectivity index (χ1) is 10.1. The molecular formula is C16H22N2O3. The van der Waals surface area contributed by atoms with Crippen LogP contribution in [0.3, 0.4) is 0 Å². The number of nitrogens with zero attached hydrogens (tertiary/aromatic N) is 2. The third-order valence-corrected chi connectivity index (χ3v) is 3.99.